The van der Waals surface area contributed by atoms with E-state index in [9.17, 15) is 26.7 Å². The predicted octanol–water partition coefficient (Wildman–Crippen LogP) is 0.163. The molecule has 2 atom stereocenters. The van der Waals surface area contributed by atoms with E-state index in [0.29, 0.717) is 36.5 Å². The van der Waals surface area contributed by atoms with Gasteiger partial charge >= 0.3 is 0 Å². The van der Waals surface area contributed by atoms with Gasteiger partial charge in [-0.15, -0.1) is 11.3 Å². The van der Waals surface area contributed by atoms with E-state index in [1.165, 1.54) is 24.4 Å². The lowest BCUT2D eigenvalue weighted by atomic mass is 10.1. The van der Waals surface area contributed by atoms with Crippen molar-refractivity contribution < 1.29 is 31.5 Å². The van der Waals surface area contributed by atoms with Crippen molar-refractivity contribution in [1.29, 1.82) is 0 Å². The van der Waals surface area contributed by atoms with Crippen LogP contribution in [0.1, 0.15) is 31.9 Å². The second-order valence-electron chi connectivity index (χ2n) is 6.53. The molecule has 12 heteroatoms. The van der Waals surface area contributed by atoms with Crippen molar-refractivity contribution in [2.45, 2.75) is 40.8 Å². The number of fused-ring (bicyclic) bond motifs is 1. The Labute approximate surface area is 169 Å². The molecule has 2 rings (SSSR count). The fraction of sp³-hybridized carbons (Fsp3) is 0.688. The van der Waals surface area contributed by atoms with Crippen molar-refractivity contribution >= 4 is 37.0 Å². The number of nitrogens with zero attached hydrogens (tertiary/aromatic N) is 1. The molecule has 0 spiro atoms. The first-order valence-corrected chi connectivity index (χ1v) is 12.7. The number of sulfone groups is 1. The van der Waals surface area contributed by atoms with Crippen LogP contribution in [-0.2, 0) is 29.4 Å². The number of nitrogens with one attached hydrogen (secondary N) is 1. The van der Waals surface area contributed by atoms with Crippen LogP contribution in [-0.4, -0.2) is 77.2 Å². The number of likely N-dealkylation sites (N-methyl/N-ethyl adjacent to an activating group) is 1. The minimum absolute atomic E-state index is 0.0230. The largest absolute Gasteiger partial charge is 0.386 e. The molecule has 2 N–H and O–H groups in total. The highest BCUT2D eigenvalue weighted by Gasteiger charge is 2.40. The Morgan fingerprint density at radius 2 is 2.18 bits per heavy atom. The monoisotopic (exact) mass is 454 g/mol. The molecule has 2 heterocycles. The molecule has 1 aromatic rings. The van der Waals surface area contributed by atoms with Crippen LogP contribution in [0.2, 0.25) is 0 Å². The number of ketones is 1. The van der Waals surface area contributed by atoms with Crippen LogP contribution in [0, 0.1) is 0 Å². The van der Waals surface area contributed by atoms with Gasteiger partial charge in [0.25, 0.3) is 10.0 Å². The summed E-state index contributed by atoms with van der Waals surface area (Å²) in [5, 5.41) is 12.5. The second-order valence-corrected chi connectivity index (χ2v) is 11.9. The van der Waals surface area contributed by atoms with E-state index in [1.807, 2.05) is 6.92 Å². The van der Waals surface area contributed by atoms with Gasteiger partial charge in [-0.05, 0) is 26.0 Å². The van der Waals surface area contributed by atoms with Crippen molar-refractivity contribution in [2.24, 2.45) is 0 Å². The van der Waals surface area contributed by atoms with Crippen molar-refractivity contribution in [3.63, 3.8) is 0 Å². The van der Waals surface area contributed by atoms with Gasteiger partial charge in [-0.1, -0.05) is 6.92 Å². The Balaban J connectivity index is 2.43. The van der Waals surface area contributed by atoms with Crippen LogP contribution in [0.3, 0.4) is 0 Å². The number of hydrogen-bond acceptors (Lipinski definition) is 9. The summed E-state index contributed by atoms with van der Waals surface area (Å²) in [5.41, 5.74) is 0.401. The molecule has 0 aromatic carbocycles. The Bertz CT molecular complexity index is 907. The van der Waals surface area contributed by atoms with Gasteiger partial charge in [-0.25, -0.2) is 16.8 Å². The van der Waals surface area contributed by atoms with E-state index in [0.717, 1.165) is 0 Å². The van der Waals surface area contributed by atoms with Crippen molar-refractivity contribution in [1.82, 2.24) is 9.62 Å². The van der Waals surface area contributed by atoms with E-state index < -0.39 is 37.5 Å². The zero-order valence-corrected chi connectivity index (χ0v) is 18.5. The summed E-state index contributed by atoms with van der Waals surface area (Å²) >= 11 is 0.653. The van der Waals surface area contributed by atoms with Crippen LogP contribution in [0.5, 0.6) is 0 Å². The van der Waals surface area contributed by atoms with Gasteiger partial charge in [0.05, 0.1) is 0 Å². The number of aliphatic hydroxyl groups excluding tert-OH is 1. The van der Waals surface area contributed by atoms with E-state index in [1.54, 1.807) is 0 Å². The Morgan fingerprint density at radius 1 is 1.50 bits per heavy atom. The molecule has 9 nitrogen and oxygen atoms in total. The minimum atomic E-state index is -4.05. The molecular formula is C16H26N2O7S3. The SMILES string of the molecule is CCN[C@H]1CN(CCCOC)S(=O)(=O)c2sc(S(=O)(=O)CC(=O)[C@H](C)O)cc21. The number of aliphatic hydroxyl groups is 1. The van der Waals surface area contributed by atoms with E-state index in [-0.39, 0.29) is 27.5 Å². The molecule has 1 aliphatic rings. The third-order valence-corrected chi connectivity index (χ3v) is 10.1. The summed E-state index contributed by atoms with van der Waals surface area (Å²) in [5.74, 6) is -1.70. The summed E-state index contributed by atoms with van der Waals surface area (Å²) in [6.07, 6.45) is -0.887. The quantitative estimate of drug-likeness (QED) is 0.478. The molecule has 0 bridgehead atoms. The average Bonchev–Trinajstić information content (AvgIpc) is 3.06. The van der Waals surface area contributed by atoms with Crippen molar-refractivity contribution in [2.75, 3.05) is 39.1 Å². The summed E-state index contributed by atoms with van der Waals surface area (Å²) < 4.78 is 57.2. The smallest absolute Gasteiger partial charge is 0.252 e. The maximum atomic E-state index is 13.0. The third-order valence-electron chi connectivity index (χ3n) is 4.35. The van der Waals surface area contributed by atoms with Crippen LogP contribution in [0.4, 0.5) is 0 Å². The number of sulfonamides is 1. The highest BCUT2D eigenvalue weighted by molar-refractivity contribution is 7.95. The Hall–Kier alpha value is -0.890. The zero-order chi connectivity index (χ0) is 21.1. The van der Waals surface area contributed by atoms with Crippen LogP contribution in [0.25, 0.3) is 0 Å². The Kier molecular flexibility index (Phi) is 7.76. The first-order valence-electron chi connectivity index (χ1n) is 8.84. The molecular weight excluding hydrogens is 428 g/mol. The number of hydrogen-bond donors (Lipinski definition) is 2. The van der Waals surface area contributed by atoms with Gasteiger partial charge < -0.3 is 15.2 Å². The summed E-state index contributed by atoms with van der Waals surface area (Å²) in [6.45, 7) is 4.52. The lowest BCUT2D eigenvalue weighted by Crippen LogP contribution is -2.43. The first kappa shape index (κ1) is 23.4. The summed E-state index contributed by atoms with van der Waals surface area (Å²) in [7, 11) is -6.35. The number of carbonyl (C=O) groups excluding carboxylic acids is 1. The third kappa shape index (κ3) is 4.99. The van der Waals surface area contributed by atoms with Gasteiger partial charge in [-0.2, -0.15) is 4.31 Å². The van der Waals surface area contributed by atoms with Crippen molar-refractivity contribution in [3.8, 4) is 0 Å². The van der Waals surface area contributed by atoms with Crippen LogP contribution >= 0.6 is 11.3 Å². The fourth-order valence-corrected chi connectivity index (χ4v) is 8.18. The topological polar surface area (TPSA) is 130 Å². The molecule has 0 saturated carbocycles. The highest BCUT2D eigenvalue weighted by atomic mass is 32.3. The minimum Gasteiger partial charge on any atom is -0.386 e. The van der Waals surface area contributed by atoms with Gasteiger partial charge in [-0.3, -0.25) is 4.79 Å². The molecule has 0 saturated heterocycles. The normalized spacial score (nSPS) is 20.6. The number of ether oxygens (including phenoxy) is 1. The number of carbonyl (C=O) groups is 1. The average molecular weight is 455 g/mol. The molecule has 0 fully saturated rings. The molecule has 0 unspecified atom stereocenters. The van der Waals surface area contributed by atoms with Gasteiger partial charge in [0.2, 0.25) is 0 Å². The number of methoxy groups -OCH3 is 1. The number of Topliss-reactive ketones (excluding diaryl/α,β-unsaturated/α-hetero) is 1. The van der Waals surface area contributed by atoms with E-state index in [2.05, 4.69) is 5.32 Å². The maximum Gasteiger partial charge on any atom is 0.252 e. The van der Waals surface area contributed by atoms with Crippen LogP contribution < -0.4 is 5.32 Å². The molecule has 1 aromatic heterocycles. The lowest BCUT2D eigenvalue weighted by molar-refractivity contribution is -0.123. The Morgan fingerprint density at radius 3 is 2.75 bits per heavy atom. The first-order chi connectivity index (χ1) is 13.0. The van der Waals surface area contributed by atoms with Crippen molar-refractivity contribution in [3.05, 3.63) is 11.6 Å². The lowest BCUT2D eigenvalue weighted by Gasteiger charge is -2.32. The van der Waals surface area contributed by atoms with E-state index in [4.69, 9.17) is 4.74 Å². The summed E-state index contributed by atoms with van der Waals surface area (Å²) in [4.78, 5) is 11.7. The molecule has 0 amide bonds. The fourth-order valence-electron chi connectivity index (χ4n) is 2.88. The molecule has 160 valence electrons. The highest BCUT2D eigenvalue weighted by Crippen LogP contribution is 2.40. The number of thiophene rings is 1. The predicted molar refractivity (Wildman–Crippen MR) is 105 cm³/mol. The van der Waals surface area contributed by atoms with Crippen LogP contribution in [0.15, 0.2) is 14.5 Å². The maximum absolute atomic E-state index is 13.0. The molecule has 0 radical (unpaired) electrons. The molecule has 28 heavy (non-hydrogen) atoms. The second kappa shape index (κ2) is 9.28. The molecule has 1 aliphatic heterocycles. The van der Waals surface area contributed by atoms with Gasteiger partial charge in [0.1, 0.15) is 20.3 Å². The zero-order valence-electron chi connectivity index (χ0n) is 16.0. The van der Waals surface area contributed by atoms with E-state index >= 15 is 0 Å². The molecule has 0 aliphatic carbocycles. The number of rotatable bonds is 10. The van der Waals surface area contributed by atoms with Gasteiger partial charge in [0.15, 0.2) is 15.6 Å². The standard InChI is InChI=1S/C16H26N2O7S3/c1-4-17-13-9-18(6-5-7-25-3)28(23,24)16-12(13)8-15(26-16)27(21,22)10-14(20)11(2)19/h8,11,13,17,19H,4-7,9-10H2,1-3H3/t11-,13-/m0/s1. The van der Waals surface area contributed by atoms with Gasteiger partial charge in [0, 0.05) is 38.4 Å². The summed E-state index contributed by atoms with van der Waals surface area (Å²) in [6, 6.07) is 0.987.